The fourth-order valence-corrected chi connectivity index (χ4v) is 0.677. The van der Waals surface area contributed by atoms with Crippen molar-refractivity contribution in [3.8, 4) is 0 Å². The van der Waals surface area contributed by atoms with Gasteiger partial charge >= 0.3 is 18.6 Å². The van der Waals surface area contributed by atoms with Crippen molar-refractivity contribution in [2.24, 2.45) is 5.41 Å². The molecule has 0 aromatic heterocycles. The number of hydrogen-bond donors (Lipinski definition) is 0. The Morgan fingerprint density at radius 3 is 1.43 bits per heavy atom. The van der Waals surface area contributed by atoms with Gasteiger partial charge in [0.25, 0.3) is 0 Å². The number of rotatable bonds is 0. The van der Waals surface area contributed by atoms with Crippen LogP contribution in [0.15, 0.2) is 0 Å². The standard InChI is InChI=1S/C6H10.V/c1-6(2)4-3-5-6;/h1-5H2;/q-2;+2. The Kier molecular flexibility index (Phi) is 2.42. The average molecular weight is 133 g/mol. The molecule has 1 radical (unpaired) electrons. The number of hydrogen-bond acceptors (Lipinski definition) is 0. The molecular formula is C6H10V. The summed E-state index contributed by atoms with van der Waals surface area (Å²) in [7, 11) is 0. The molecule has 7 heavy (non-hydrogen) atoms. The Morgan fingerprint density at radius 1 is 1.14 bits per heavy atom. The maximum Gasteiger partial charge on any atom is 2.00 e. The van der Waals surface area contributed by atoms with Crippen LogP contribution in [0.1, 0.15) is 19.3 Å². The van der Waals surface area contributed by atoms with Crippen LogP contribution in [0.5, 0.6) is 0 Å². The van der Waals surface area contributed by atoms with Crippen molar-refractivity contribution in [1.82, 2.24) is 0 Å². The van der Waals surface area contributed by atoms with Crippen molar-refractivity contribution >= 4 is 0 Å². The second-order valence-corrected chi connectivity index (χ2v) is 2.35. The van der Waals surface area contributed by atoms with Gasteiger partial charge in [0, 0.05) is 0 Å². The van der Waals surface area contributed by atoms with Gasteiger partial charge in [-0.15, -0.1) is 12.8 Å². The monoisotopic (exact) mass is 133 g/mol. The molecule has 0 aromatic rings. The summed E-state index contributed by atoms with van der Waals surface area (Å²) in [6, 6.07) is 0. The van der Waals surface area contributed by atoms with Crippen LogP contribution in [0.3, 0.4) is 0 Å². The summed E-state index contributed by atoms with van der Waals surface area (Å²) < 4.78 is 0. The minimum Gasteiger partial charge on any atom is -0.367 e. The average Bonchev–Trinajstić information content (AvgIpc) is 1.32. The van der Waals surface area contributed by atoms with Crippen molar-refractivity contribution in [2.45, 2.75) is 19.3 Å². The normalized spacial score (nSPS) is 24.9. The first-order valence-electron chi connectivity index (χ1n) is 2.41. The van der Waals surface area contributed by atoms with E-state index in [1.807, 2.05) is 0 Å². The summed E-state index contributed by atoms with van der Waals surface area (Å²) in [6.45, 7) is 7.73. The van der Waals surface area contributed by atoms with Crippen molar-refractivity contribution < 1.29 is 18.6 Å². The fraction of sp³-hybridized carbons (Fsp3) is 0.667. The molecule has 0 N–H and O–H groups in total. The summed E-state index contributed by atoms with van der Waals surface area (Å²) >= 11 is 0. The van der Waals surface area contributed by atoms with E-state index in [1.165, 1.54) is 19.3 Å². The van der Waals surface area contributed by atoms with Crippen molar-refractivity contribution in [3.05, 3.63) is 13.8 Å². The molecule has 0 atom stereocenters. The summed E-state index contributed by atoms with van der Waals surface area (Å²) in [6.07, 6.45) is 3.80. The molecule has 0 spiro atoms. The molecule has 0 aliphatic heterocycles. The van der Waals surface area contributed by atoms with Gasteiger partial charge in [0.05, 0.1) is 0 Å². The second-order valence-electron chi connectivity index (χ2n) is 2.35. The van der Waals surface area contributed by atoms with Gasteiger partial charge in [-0.2, -0.15) is 0 Å². The van der Waals surface area contributed by atoms with Gasteiger partial charge in [0.15, 0.2) is 0 Å². The van der Waals surface area contributed by atoms with Crippen LogP contribution in [0.4, 0.5) is 0 Å². The van der Waals surface area contributed by atoms with E-state index in [1.54, 1.807) is 0 Å². The van der Waals surface area contributed by atoms with E-state index in [-0.39, 0.29) is 24.0 Å². The molecule has 0 amide bonds. The molecule has 1 rings (SSSR count). The quantitative estimate of drug-likeness (QED) is 0.442. The van der Waals surface area contributed by atoms with Gasteiger partial charge < -0.3 is 13.8 Å². The van der Waals surface area contributed by atoms with Crippen LogP contribution in [0, 0.1) is 19.3 Å². The van der Waals surface area contributed by atoms with Gasteiger partial charge in [-0.05, 0) is 0 Å². The Hall–Kier alpha value is 0.584. The van der Waals surface area contributed by atoms with E-state index in [0.29, 0.717) is 0 Å². The van der Waals surface area contributed by atoms with Crippen LogP contribution in [0.25, 0.3) is 0 Å². The smallest absolute Gasteiger partial charge is 0.367 e. The molecule has 1 saturated carbocycles. The van der Waals surface area contributed by atoms with E-state index < -0.39 is 0 Å². The van der Waals surface area contributed by atoms with E-state index >= 15 is 0 Å². The maximum absolute atomic E-state index is 3.86. The third kappa shape index (κ3) is 1.88. The molecule has 0 aromatic carbocycles. The molecule has 1 aliphatic carbocycles. The zero-order valence-electron chi connectivity index (χ0n) is 4.48. The largest absolute Gasteiger partial charge is 2.00 e. The van der Waals surface area contributed by atoms with Gasteiger partial charge in [-0.3, -0.25) is 5.41 Å². The van der Waals surface area contributed by atoms with Crippen LogP contribution in [-0.4, -0.2) is 0 Å². The van der Waals surface area contributed by atoms with Crippen LogP contribution in [0.2, 0.25) is 0 Å². The molecule has 1 fully saturated rings. The maximum atomic E-state index is 3.86. The molecule has 0 bridgehead atoms. The molecule has 39 valence electrons. The first-order chi connectivity index (χ1) is 2.71. The molecule has 0 heterocycles. The molecule has 0 saturated heterocycles. The van der Waals surface area contributed by atoms with E-state index in [2.05, 4.69) is 13.8 Å². The second kappa shape index (κ2) is 2.24. The van der Waals surface area contributed by atoms with Gasteiger partial charge in [0.1, 0.15) is 0 Å². The zero-order chi connectivity index (χ0) is 4.62. The summed E-state index contributed by atoms with van der Waals surface area (Å²) in [5, 5.41) is 0. The van der Waals surface area contributed by atoms with Crippen LogP contribution >= 0.6 is 0 Å². The van der Waals surface area contributed by atoms with Crippen LogP contribution in [-0.2, 0) is 18.6 Å². The third-order valence-electron chi connectivity index (χ3n) is 1.41. The predicted octanol–water partition coefficient (Wildman–Crippen LogP) is 1.82. The summed E-state index contributed by atoms with van der Waals surface area (Å²) in [5.41, 5.74) is 0.222. The Bertz CT molecular complexity index is 51.2. The van der Waals surface area contributed by atoms with Crippen LogP contribution < -0.4 is 0 Å². The van der Waals surface area contributed by atoms with E-state index in [9.17, 15) is 0 Å². The van der Waals surface area contributed by atoms with E-state index in [0.717, 1.165) is 0 Å². The molecule has 1 aliphatic rings. The Labute approximate surface area is 57.6 Å². The molecule has 1 heteroatoms. The molecule has 0 unspecified atom stereocenters. The van der Waals surface area contributed by atoms with Gasteiger partial charge in [-0.1, -0.05) is 6.42 Å². The van der Waals surface area contributed by atoms with Crippen molar-refractivity contribution in [1.29, 1.82) is 0 Å². The summed E-state index contributed by atoms with van der Waals surface area (Å²) in [5.74, 6) is 0. The zero-order valence-corrected chi connectivity index (χ0v) is 5.88. The first kappa shape index (κ1) is 7.58. The van der Waals surface area contributed by atoms with Crippen molar-refractivity contribution in [2.75, 3.05) is 0 Å². The third-order valence-corrected chi connectivity index (χ3v) is 1.41. The van der Waals surface area contributed by atoms with E-state index in [4.69, 9.17) is 0 Å². The molecular weight excluding hydrogens is 123 g/mol. The minimum absolute atomic E-state index is 0. The van der Waals surface area contributed by atoms with Gasteiger partial charge in [0.2, 0.25) is 0 Å². The topological polar surface area (TPSA) is 0 Å². The fourth-order valence-electron chi connectivity index (χ4n) is 0.677. The predicted molar refractivity (Wildman–Crippen MR) is 27.0 cm³/mol. The van der Waals surface area contributed by atoms with Crippen molar-refractivity contribution in [3.63, 3.8) is 0 Å². The first-order valence-corrected chi connectivity index (χ1v) is 2.41. The Balaban J connectivity index is 0.000000360. The molecule has 0 nitrogen and oxygen atoms in total. The Morgan fingerprint density at radius 2 is 1.43 bits per heavy atom. The van der Waals surface area contributed by atoms with Gasteiger partial charge in [-0.25, -0.2) is 0 Å². The summed E-state index contributed by atoms with van der Waals surface area (Å²) in [4.78, 5) is 0. The minimum atomic E-state index is 0. The SMILES string of the molecule is [CH2-]C1([CH2-])CCC1.[V+2].